The van der Waals surface area contributed by atoms with Crippen LogP contribution in [-0.2, 0) is 16.0 Å². The van der Waals surface area contributed by atoms with Crippen LogP contribution in [0.3, 0.4) is 0 Å². The largest absolute Gasteiger partial charge is 0.355 e. The van der Waals surface area contributed by atoms with Crippen LogP contribution in [0.15, 0.2) is 17.5 Å². The summed E-state index contributed by atoms with van der Waals surface area (Å²) in [5, 5.41) is 4.79. The minimum Gasteiger partial charge on any atom is -0.355 e. The monoisotopic (exact) mass is 295 g/mol. The van der Waals surface area contributed by atoms with Gasteiger partial charge in [0.1, 0.15) is 0 Å². The summed E-state index contributed by atoms with van der Waals surface area (Å²) in [6, 6.07) is 3.96. The quantitative estimate of drug-likeness (QED) is 0.864. The molecule has 0 unspecified atom stereocenters. The molecule has 6 heteroatoms. The van der Waals surface area contributed by atoms with Gasteiger partial charge in [-0.2, -0.15) is 0 Å². The molecule has 0 aliphatic carbocycles. The van der Waals surface area contributed by atoms with Gasteiger partial charge in [-0.1, -0.05) is 6.07 Å². The van der Waals surface area contributed by atoms with Gasteiger partial charge in [0.2, 0.25) is 11.8 Å². The predicted molar refractivity (Wildman–Crippen MR) is 79.7 cm³/mol. The van der Waals surface area contributed by atoms with Gasteiger partial charge in [0.05, 0.1) is 13.0 Å². The van der Waals surface area contributed by atoms with Crippen LogP contribution < -0.4 is 5.32 Å². The summed E-state index contributed by atoms with van der Waals surface area (Å²) in [7, 11) is 0. The minimum absolute atomic E-state index is 0.0610. The first-order valence-electron chi connectivity index (χ1n) is 6.98. The lowest BCUT2D eigenvalue weighted by atomic mass is 10.2. The van der Waals surface area contributed by atoms with Crippen LogP contribution in [0, 0.1) is 0 Å². The summed E-state index contributed by atoms with van der Waals surface area (Å²) in [6.07, 6.45) is 0.494. The average Bonchev–Trinajstić information content (AvgIpc) is 2.92. The highest BCUT2D eigenvalue weighted by Gasteiger charge is 2.22. The molecule has 2 amide bonds. The van der Waals surface area contributed by atoms with E-state index in [1.165, 1.54) is 0 Å². The Morgan fingerprint density at radius 1 is 1.30 bits per heavy atom. The van der Waals surface area contributed by atoms with Crippen molar-refractivity contribution in [2.45, 2.75) is 13.3 Å². The second-order valence-electron chi connectivity index (χ2n) is 4.87. The van der Waals surface area contributed by atoms with Crippen LogP contribution in [0.25, 0.3) is 0 Å². The highest BCUT2D eigenvalue weighted by atomic mass is 32.1. The van der Waals surface area contributed by atoms with E-state index in [1.54, 1.807) is 11.3 Å². The van der Waals surface area contributed by atoms with Crippen molar-refractivity contribution in [1.82, 2.24) is 15.1 Å². The van der Waals surface area contributed by atoms with Gasteiger partial charge in [-0.15, -0.1) is 11.3 Å². The molecule has 1 aromatic heterocycles. The maximum absolute atomic E-state index is 12.1. The van der Waals surface area contributed by atoms with Crippen LogP contribution in [0.1, 0.15) is 11.8 Å². The number of nitrogens with zero attached hydrogens (tertiary/aromatic N) is 2. The molecule has 0 spiro atoms. The standard InChI is InChI=1S/C14H21N3O2S/c1-2-15-13(18)11-16-5-7-17(8-6-16)14(19)10-12-4-3-9-20-12/h3-4,9H,2,5-8,10-11H2,1H3,(H,15,18). The fourth-order valence-electron chi connectivity index (χ4n) is 2.29. The Balaban J connectivity index is 1.73. The first kappa shape index (κ1) is 15.0. The second kappa shape index (κ2) is 7.40. The van der Waals surface area contributed by atoms with E-state index in [4.69, 9.17) is 0 Å². The molecule has 0 bridgehead atoms. The molecule has 0 saturated carbocycles. The van der Waals surface area contributed by atoms with Crippen molar-refractivity contribution < 1.29 is 9.59 Å². The molecule has 1 aliphatic rings. The summed E-state index contributed by atoms with van der Waals surface area (Å²) in [6.45, 7) is 5.98. The summed E-state index contributed by atoms with van der Waals surface area (Å²) >= 11 is 1.62. The van der Waals surface area contributed by atoms with Gasteiger partial charge < -0.3 is 10.2 Å². The van der Waals surface area contributed by atoms with Crippen molar-refractivity contribution >= 4 is 23.2 Å². The third kappa shape index (κ3) is 4.31. The molecule has 1 saturated heterocycles. The van der Waals surface area contributed by atoms with E-state index in [1.807, 2.05) is 29.3 Å². The van der Waals surface area contributed by atoms with Crippen LogP contribution in [0.5, 0.6) is 0 Å². The molecule has 1 fully saturated rings. The molecule has 2 rings (SSSR count). The Hall–Kier alpha value is -1.40. The number of thiophene rings is 1. The number of piperazine rings is 1. The molecule has 20 heavy (non-hydrogen) atoms. The number of hydrogen-bond donors (Lipinski definition) is 1. The van der Waals surface area contributed by atoms with E-state index in [-0.39, 0.29) is 11.8 Å². The van der Waals surface area contributed by atoms with Crippen molar-refractivity contribution in [3.05, 3.63) is 22.4 Å². The molecule has 1 aliphatic heterocycles. The maximum atomic E-state index is 12.1. The van der Waals surface area contributed by atoms with Gasteiger partial charge >= 0.3 is 0 Å². The van der Waals surface area contributed by atoms with E-state index in [0.717, 1.165) is 18.0 Å². The predicted octanol–water partition coefficient (Wildman–Crippen LogP) is 0.571. The lowest BCUT2D eigenvalue weighted by molar-refractivity contribution is -0.132. The Kier molecular flexibility index (Phi) is 5.55. The number of carbonyl (C=O) groups is 2. The number of nitrogens with one attached hydrogen (secondary N) is 1. The van der Waals surface area contributed by atoms with Gasteiger partial charge in [-0.05, 0) is 18.4 Å². The Labute approximate surface area is 123 Å². The van der Waals surface area contributed by atoms with Crippen molar-refractivity contribution in [1.29, 1.82) is 0 Å². The summed E-state index contributed by atoms with van der Waals surface area (Å²) in [5.41, 5.74) is 0. The lowest BCUT2D eigenvalue weighted by Gasteiger charge is -2.34. The van der Waals surface area contributed by atoms with Crippen molar-refractivity contribution in [2.75, 3.05) is 39.3 Å². The zero-order chi connectivity index (χ0) is 14.4. The maximum Gasteiger partial charge on any atom is 0.234 e. The van der Waals surface area contributed by atoms with E-state index in [9.17, 15) is 9.59 Å². The topological polar surface area (TPSA) is 52.7 Å². The van der Waals surface area contributed by atoms with Gasteiger partial charge in [0.15, 0.2) is 0 Å². The number of carbonyl (C=O) groups excluding carboxylic acids is 2. The molecule has 0 aromatic carbocycles. The van der Waals surface area contributed by atoms with Crippen LogP contribution in [0.2, 0.25) is 0 Å². The number of amides is 2. The van der Waals surface area contributed by atoms with Crippen molar-refractivity contribution in [3.63, 3.8) is 0 Å². The smallest absolute Gasteiger partial charge is 0.234 e. The van der Waals surface area contributed by atoms with Crippen molar-refractivity contribution in [3.8, 4) is 0 Å². The average molecular weight is 295 g/mol. The lowest BCUT2D eigenvalue weighted by Crippen LogP contribution is -2.51. The third-order valence-corrected chi connectivity index (χ3v) is 4.25. The summed E-state index contributed by atoms with van der Waals surface area (Å²) in [4.78, 5) is 28.7. The normalized spacial score (nSPS) is 16.1. The Morgan fingerprint density at radius 2 is 2.05 bits per heavy atom. The van der Waals surface area contributed by atoms with Crippen LogP contribution >= 0.6 is 11.3 Å². The fraction of sp³-hybridized carbons (Fsp3) is 0.571. The first-order chi connectivity index (χ1) is 9.69. The van der Waals surface area contributed by atoms with E-state index < -0.39 is 0 Å². The zero-order valence-corrected chi connectivity index (χ0v) is 12.6. The Morgan fingerprint density at radius 3 is 2.65 bits per heavy atom. The molecule has 0 radical (unpaired) electrons. The minimum atomic E-state index is 0.0610. The molecule has 1 aromatic rings. The second-order valence-corrected chi connectivity index (χ2v) is 5.90. The van der Waals surface area contributed by atoms with E-state index >= 15 is 0 Å². The number of hydrogen-bond acceptors (Lipinski definition) is 4. The zero-order valence-electron chi connectivity index (χ0n) is 11.8. The molecule has 1 N–H and O–H groups in total. The fourth-order valence-corrected chi connectivity index (χ4v) is 2.98. The third-order valence-electron chi connectivity index (χ3n) is 3.37. The van der Waals surface area contributed by atoms with Gasteiger partial charge in [0, 0.05) is 37.6 Å². The molecule has 5 nitrogen and oxygen atoms in total. The summed E-state index contributed by atoms with van der Waals surface area (Å²) in [5.74, 6) is 0.246. The summed E-state index contributed by atoms with van der Waals surface area (Å²) < 4.78 is 0. The number of rotatable bonds is 5. The van der Waals surface area contributed by atoms with E-state index in [0.29, 0.717) is 32.6 Å². The highest BCUT2D eigenvalue weighted by molar-refractivity contribution is 7.10. The van der Waals surface area contributed by atoms with Crippen LogP contribution in [0.4, 0.5) is 0 Å². The van der Waals surface area contributed by atoms with Gasteiger partial charge in [-0.3, -0.25) is 14.5 Å². The van der Waals surface area contributed by atoms with Gasteiger partial charge in [0.25, 0.3) is 0 Å². The molecular formula is C14H21N3O2S. The van der Waals surface area contributed by atoms with Crippen molar-refractivity contribution in [2.24, 2.45) is 0 Å². The molecule has 110 valence electrons. The van der Waals surface area contributed by atoms with Gasteiger partial charge in [-0.25, -0.2) is 0 Å². The molecular weight excluding hydrogens is 274 g/mol. The highest BCUT2D eigenvalue weighted by Crippen LogP contribution is 2.11. The molecule has 0 atom stereocenters. The van der Waals surface area contributed by atoms with E-state index in [2.05, 4.69) is 10.2 Å². The first-order valence-corrected chi connectivity index (χ1v) is 7.86. The number of likely N-dealkylation sites (N-methyl/N-ethyl adjacent to an activating group) is 1. The molecule has 2 heterocycles. The SMILES string of the molecule is CCNC(=O)CN1CCN(C(=O)Cc2cccs2)CC1. The Bertz CT molecular complexity index is 439. The van der Waals surface area contributed by atoms with Crippen LogP contribution in [-0.4, -0.2) is 60.9 Å².